The van der Waals surface area contributed by atoms with Crippen molar-refractivity contribution in [3.05, 3.63) is 12.2 Å². The van der Waals surface area contributed by atoms with Crippen LogP contribution >= 0.6 is 0 Å². The first kappa shape index (κ1) is 10.8. The van der Waals surface area contributed by atoms with Crippen LogP contribution in [0.1, 0.15) is 19.8 Å². The Labute approximate surface area is 83.2 Å². The van der Waals surface area contributed by atoms with Crippen LogP contribution < -0.4 is 0 Å². The maximum Gasteiger partial charge on any atom is 0.328 e. The Kier molecular flexibility index (Phi) is 3.68. The molecule has 4 heteroatoms. The van der Waals surface area contributed by atoms with Crippen molar-refractivity contribution in [1.82, 2.24) is 4.90 Å². The van der Waals surface area contributed by atoms with Crippen molar-refractivity contribution in [2.75, 3.05) is 13.1 Å². The Balaban J connectivity index is 2.43. The Morgan fingerprint density at radius 2 is 2.43 bits per heavy atom. The Bertz CT molecular complexity index is 260. The van der Waals surface area contributed by atoms with Crippen LogP contribution in [0.2, 0.25) is 0 Å². The lowest BCUT2D eigenvalue weighted by Gasteiger charge is -2.29. The molecule has 0 aromatic rings. The van der Waals surface area contributed by atoms with E-state index in [2.05, 4.69) is 0 Å². The number of piperidine rings is 1. The van der Waals surface area contributed by atoms with Gasteiger partial charge in [0.25, 0.3) is 0 Å². The van der Waals surface area contributed by atoms with Gasteiger partial charge in [0.1, 0.15) is 0 Å². The van der Waals surface area contributed by atoms with Gasteiger partial charge in [-0.15, -0.1) is 0 Å². The largest absolute Gasteiger partial charge is 0.478 e. The lowest BCUT2D eigenvalue weighted by Crippen LogP contribution is -2.40. The van der Waals surface area contributed by atoms with Gasteiger partial charge >= 0.3 is 5.97 Å². The molecule has 1 aliphatic heterocycles. The second-order valence-corrected chi connectivity index (χ2v) is 3.57. The molecule has 0 aromatic carbocycles. The van der Waals surface area contributed by atoms with E-state index in [1.807, 2.05) is 6.92 Å². The topological polar surface area (TPSA) is 57.6 Å². The maximum atomic E-state index is 11.5. The third kappa shape index (κ3) is 2.87. The van der Waals surface area contributed by atoms with Crippen molar-refractivity contribution < 1.29 is 14.7 Å². The molecule has 0 aromatic heterocycles. The summed E-state index contributed by atoms with van der Waals surface area (Å²) >= 11 is 0. The molecule has 0 aliphatic carbocycles. The molecule has 1 aliphatic rings. The van der Waals surface area contributed by atoms with E-state index >= 15 is 0 Å². The minimum Gasteiger partial charge on any atom is -0.478 e. The van der Waals surface area contributed by atoms with E-state index in [4.69, 9.17) is 5.11 Å². The van der Waals surface area contributed by atoms with Crippen LogP contribution in [0, 0.1) is 5.92 Å². The minimum atomic E-state index is -0.970. The van der Waals surface area contributed by atoms with Crippen LogP contribution in [-0.4, -0.2) is 35.0 Å². The van der Waals surface area contributed by atoms with E-state index in [0.717, 1.165) is 25.5 Å². The lowest BCUT2D eigenvalue weighted by molar-refractivity contribution is -0.137. The average Bonchev–Trinajstić information content (AvgIpc) is 2.12. The van der Waals surface area contributed by atoms with Gasteiger partial charge in [0, 0.05) is 25.1 Å². The molecule has 4 nitrogen and oxygen atoms in total. The molecule has 78 valence electrons. The third-order valence-corrected chi connectivity index (χ3v) is 2.38. The van der Waals surface area contributed by atoms with Gasteiger partial charge < -0.3 is 10.0 Å². The predicted octanol–water partition coefficient (Wildman–Crippen LogP) is 0.886. The molecule has 1 fully saturated rings. The van der Waals surface area contributed by atoms with Crippen molar-refractivity contribution in [3.63, 3.8) is 0 Å². The summed E-state index contributed by atoms with van der Waals surface area (Å²) in [4.78, 5) is 23.4. The fraction of sp³-hybridized carbons (Fsp3) is 0.600. The Hall–Kier alpha value is -1.32. The molecule has 1 rings (SSSR count). The van der Waals surface area contributed by atoms with Gasteiger partial charge in [0.05, 0.1) is 0 Å². The highest BCUT2D eigenvalue weighted by Crippen LogP contribution is 2.16. The van der Waals surface area contributed by atoms with Gasteiger partial charge in [-0.2, -0.15) is 0 Å². The van der Waals surface area contributed by atoms with Crippen molar-refractivity contribution in [2.45, 2.75) is 19.8 Å². The van der Waals surface area contributed by atoms with E-state index in [1.54, 1.807) is 4.90 Å². The standard InChI is InChI=1S/C10H15NO3/c1-8-4-2-6-11(10(8)14)7-3-5-9(12)13/h3,5,8H,2,4,6-7H2,1H3,(H,12,13)/b5-3+. The predicted molar refractivity (Wildman–Crippen MR) is 51.8 cm³/mol. The quantitative estimate of drug-likeness (QED) is 0.683. The van der Waals surface area contributed by atoms with Crippen LogP contribution in [0.4, 0.5) is 0 Å². The second-order valence-electron chi connectivity index (χ2n) is 3.57. The van der Waals surface area contributed by atoms with Crippen LogP contribution in [0.3, 0.4) is 0 Å². The monoisotopic (exact) mass is 197 g/mol. The van der Waals surface area contributed by atoms with E-state index in [9.17, 15) is 9.59 Å². The molecule has 1 atom stereocenters. The summed E-state index contributed by atoms with van der Waals surface area (Å²) in [6.45, 7) is 3.07. The van der Waals surface area contributed by atoms with Gasteiger partial charge in [0.2, 0.25) is 5.91 Å². The summed E-state index contributed by atoms with van der Waals surface area (Å²) in [6.07, 6.45) is 4.54. The average molecular weight is 197 g/mol. The molecule has 0 radical (unpaired) electrons. The van der Waals surface area contributed by atoms with Crippen LogP contribution in [0.15, 0.2) is 12.2 Å². The molecule has 1 saturated heterocycles. The first-order valence-corrected chi connectivity index (χ1v) is 4.79. The fourth-order valence-electron chi connectivity index (χ4n) is 1.60. The van der Waals surface area contributed by atoms with Gasteiger partial charge in [0.15, 0.2) is 0 Å². The number of carboxylic acid groups (broad SMARTS) is 1. The summed E-state index contributed by atoms with van der Waals surface area (Å²) in [5.41, 5.74) is 0. The summed E-state index contributed by atoms with van der Waals surface area (Å²) in [7, 11) is 0. The van der Waals surface area contributed by atoms with Gasteiger partial charge in [-0.1, -0.05) is 13.0 Å². The molecular formula is C10H15NO3. The molecule has 0 saturated carbocycles. The number of nitrogens with zero attached hydrogens (tertiary/aromatic N) is 1. The van der Waals surface area contributed by atoms with Crippen LogP contribution in [-0.2, 0) is 9.59 Å². The van der Waals surface area contributed by atoms with Crippen molar-refractivity contribution in [3.8, 4) is 0 Å². The summed E-state index contributed by atoms with van der Waals surface area (Å²) in [5.74, 6) is -0.754. The zero-order chi connectivity index (χ0) is 10.6. The first-order valence-electron chi connectivity index (χ1n) is 4.79. The molecule has 0 spiro atoms. The van der Waals surface area contributed by atoms with Crippen molar-refractivity contribution in [1.29, 1.82) is 0 Å². The smallest absolute Gasteiger partial charge is 0.328 e. The number of amides is 1. The lowest BCUT2D eigenvalue weighted by atomic mass is 9.99. The third-order valence-electron chi connectivity index (χ3n) is 2.38. The number of aliphatic carboxylic acids is 1. The van der Waals surface area contributed by atoms with E-state index in [0.29, 0.717) is 6.54 Å². The van der Waals surface area contributed by atoms with Gasteiger partial charge in [-0.05, 0) is 12.8 Å². The number of hydrogen-bond donors (Lipinski definition) is 1. The van der Waals surface area contributed by atoms with E-state index in [-0.39, 0.29) is 11.8 Å². The van der Waals surface area contributed by atoms with E-state index < -0.39 is 5.97 Å². The number of rotatable bonds is 3. The summed E-state index contributed by atoms with van der Waals surface area (Å²) < 4.78 is 0. The number of carbonyl (C=O) groups is 2. The molecule has 1 unspecified atom stereocenters. The number of carbonyl (C=O) groups excluding carboxylic acids is 1. The Morgan fingerprint density at radius 1 is 1.71 bits per heavy atom. The normalized spacial score (nSPS) is 23.1. The number of likely N-dealkylation sites (tertiary alicyclic amines) is 1. The van der Waals surface area contributed by atoms with Gasteiger partial charge in [-0.3, -0.25) is 4.79 Å². The molecule has 1 N–H and O–H groups in total. The molecular weight excluding hydrogens is 182 g/mol. The van der Waals surface area contributed by atoms with E-state index in [1.165, 1.54) is 6.08 Å². The number of carboxylic acids is 1. The fourth-order valence-corrected chi connectivity index (χ4v) is 1.60. The first-order chi connectivity index (χ1) is 6.61. The zero-order valence-electron chi connectivity index (χ0n) is 8.27. The highest BCUT2D eigenvalue weighted by Gasteiger charge is 2.23. The van der Waals surface area contributed by atoms with Crippen LogP contribution in [0.25, 0.3) is 0 Å². The highest BCUT2D eigenvalue weighted by atomic mass is 16.4. The summed E-state index contributed by atoms with van der Waals surface area (Å²) in [5, 5.41) is 8.37. The molecule has 1 heterocycles. The zero-order valence-corrected chi connectivity index (χ0v) is 8.27. The molecule has 0 bridgehead atoms. The SMILES string of the molecule is CC1CCCN(C/C=C/C(=O)O)C1=O. The minimum absolute atomic E-state index is 0.0852. The Morgan fingerprint density at radius 3 is 3.07 bits per heavy atom. The van der Waals surface area contributed by atoms with Crippen LogP contribution in [0.5, 0.6) is 0 Å². The summed E-state index contributed by atoms with van der Waals surface area (Å²) in [6, 6.07) is 0. The van der Waals surface area contributed by atoms with Crippen molar-refractivity contribution in [2.24, 2.45) is 5.92 Å². The number of hydrogen-bond acceptors (Lipinski definition) is 2. The van der Waals surface area contributed by atoms with Gasteiger partial charge in [-0.25, -0.2) is 4.79 Å². The van der Waals surface area contributed by atoms with Crippen molar-refractivity contribution >= 4 is 11.9 Å². The molecule has 14 heavy (non-hydrogen) atoms. The highest BCUT2D eigenvalue weighted by molar-refractivity contribution is 5.81. The maximum absolute atomic E-state index is 11.5. The molecule has 1 amide bonds. The second kappa shape index (κ2) is 4.79.